The minimum absolute atomic E-state index is 0.00913. The third-order valence-electron chi connectivity index (χ3n) is 4.71. The fourth-order valence-electron chi connectivity index (χ4n) is 2.96. The van der Waals surface area contributed by atoms with Crippen molar-refractivity contribution in [2.75, 3.05) is 12.4 Å². The van der Waals surface area contributed by atoms with E-state index in [0.29, 0.717) is 40.0 Å². The molecule has 0 saturated carbocycles. The smallest absolute Gasteiger partial charge is 0.305 e. The number of carbonyl (C=O) groups excluding carboxylic acids is 1. The molecule has 0 bridgehead atoms. The quantitative estimate of drug-likeness (QED) is 0.272. The largest absolute Gasteiger partial charge is 0.466 e. The summed E-state index contributed by atoms with van der Waals surface area (Å²) in [6.07, 6.45) is 2.61. The Balaban J connectivity index is 1.76. The highest BCUT2D eigenvalue weighted by Crippen LogP contribution is 2.30. The van der Waals surface area contributed by atoms with E-state index in [2.05, 4.69) is 25.9 Å². The van der Waals surface area contributed by atoms with Crippen LogP contribution in [0.1, 0.15) is 26.2 Å². The summed E-state index contributed by atoms with van der Waals surface area (Å²) in [6.45, 7) is 1.88. The molecule has 3 aromatic rings. The first-order valence-corrected chi connectivity index (χ1v) is 12.7. The van der Waals surface area contributed by atoms with Crippen LogP contribution in [0.25, 0.3) is 22.6 Å². The van der Waals surface area contributed by atoms with Gasteiger partial charge in [0.05, 0.1) is 38.6 Å². The van der Waals surface area contributed by atoms with Crippen molar-refractivity contribution in [1.82, 2.24) is 9.97 Å². The second kappa shape index (κ2) is 10.6. The summed E-state index contributed by atoms with van der Waals surface area (Å²) >= 11 is 9.30. The number of esters is 1. The number of imidazole rings is 1. The van der Waals surface area contributed by atoms with E-state index in [4.69, 9.17) is 16.3 Å². The Morgan fingerprint density at radius 2 is 1.94 bits per heavy atom. The summed E-state index contributed by atoms with van der Waals surface area (Å²) < 4.78 is 44.8. The Morgan fingerprint density at radius 1 is 1.19 bits per heavy atom. The van der Waals surface area contributed by atoms with Gasteiger partial charge in [-0.3, -0.25) is 4.79 Å². The molecule has 32 heavy (non-hydrogen) atoms. The molecular weight excluding hydrogens is 523 g/mol. The van der Waals surface area contributed by atoms with Crippen molar-refractivity contribution in [2.24, 2.45) is 0 Å². The molecule has 1 heterocycles. The SMILES string of the molecule is CCC(=O)OCCCCS(=O)(=O)c1cc(-c2ncc(-c3ccc(Br)c(F)c3)[nH]2)ccc1Cl. The summed E-state index contributed by atoms with van der Waals surface area (Å²) in [5.41, 5.74) is 1.73. The molecule has 0 unspecified atom stereocenters. The van der Waals surface area contributed by atoms with Crippen LogP contribution in [-0.2, 0) is 19.4 Å². The molecule has 0 radical (unpaired) electrons. The molecule has 0 spiro atoms. The van der Waals surface area contributed by atoms with E-state index >= 15 is 0 Å². The van der Waals surface area contributed by atoms with E-state index in [-0.39, 0.29) is 34.7 Å². The average Bonchev–Trinajstić information content (AvgIpc) is 3.25. The fourth-order valence-corrected chi connectivity index (χ4v) is 5.15. The standard InChI is InChI=1S/C22H21BrClFN2O4S/c1-2-21(28)31-9-3-4-10-32(29,30)20-12-15(6-8-17(20)24)22-26-13-19(27-22)14-5-7-16(23)18(25)11-14/h5-8,11-13H,2-4,9-10H2,1H3,(H,26,27). The minimum Gasteiger partial charge on any atom is -0.466 e. The van der Waals surface area contributed by atoms with Gasteiger partial charge >= 0.3 is 5.97 Å². The van der Waals surface area contributed by atoms with Gasteiger partial charge in [0, 0.05) is 17.5 Å². The van der Waals surface area contributed by atoms with Gasteiger partial charge in [-0.05, 0) is 59.1 Å². The number of benzene rings is 2. The molecule has 0 aliphatic heterocycles. The number of hydrogen-bond donors (Lipinski definition) is 1. The summed E-state index contributed by atoms with van der Waals surface area (Å²) in [7, 11) is -3.65. The molecule has 0 fully saturated rings. The Kier molecular flexibility index (Phi) is 8.08. The maximum absolute atomic E-state index is 13.8. The highest BCUT2D eigenvalue weighted by atomic mass is 79.9. The van der Waals surface area contributed by atoms with Crippen molar-refractivity contribution >= 4 is 43.3 Å². The zero-order chi connectivity index (χ0) is 23.3. The summed E-state index contributed by atoms with van der Waals surface area (Å²) in [4.78, 5) is 18.5. The van der Waals surface area contributed by atoms with Crippen molar-refractivity contribution in [1.29, 1.82) is 0 Å². The van der Waals surface area contributed by atoms with Gasteiger partial charge in [0.15, 0.2) is 9.84 Å². The lowest BCUT2D eigenvalue weighted by atomic mass is 10.2. The number of rotatable bonds is 9. The second-order valence-electron chi connectivity index (χ2n) is 7.02. The number of aromatic nitrogens is 2. The van der Waals surface area contributed by atoms with Gasteiger partial charge in [-0.2, -0.15) is 0 Å². The Hall–Kier alpha value is -2.23. The van der Waals surface area contributed by atoms with Crippen molar-refractivity contribution in [3.63, 3.8) is 0 Å². The lowest BCUT2D eigenvalue weighted by Gasteiger charge is -2.09. The number of H-pyrrole nitrogens is 1. The Morgan fingerprint density at radius 3 is 2.66 bits per heavy atom. The molecule has 0 aliphatic rings. The molecule has 10 heteroatoms. The van der Waals surface area contributed by atoms with E-state index < -0.39 is 15.7 Å². The third kappa shape index (κ3) is 5.96. The molecule has 1 N–H and O–H groups in total. The Labute approximate surface area is 199 Å². The number of sulfone groups is 1. The lowest BCUT2D eigenvalue weighted by molar-refractivity contribution is -0.143. The van der Waals surface area contributed by atoms with E-state index in [1.807, 2.05) is 0 Å². The van der Waals surface area contributed by atoms with Crippen LogP contribution in [0.3, 0.4) is 0 Å². The van der Waals surface area contributed by atoms with Gasteiger partial charge in [-0.1, -0.05) is 24.6 Å². The van der Waals surface area contributed by atoms with Crippen LogP contribution < -0.4 is 0 Å². The topological polar surface area (TPSA) is 89.1 Å². The second-order valence-corrected chi connectivity index (χ2v) is 10.4. The van der Waals surface area contributed by atoms with Crippen LogP contribution in [0.15, 0.2) is 52.0 Å². The average molecular weight is 544 g/mol. The number of hydrogen-bond acceptors (Lipinski definition) is 5. The van der Waals surface area contributed by atoms with Crippen molar-refractivity contribution in [2.45, 2.75) is 31.1 Å². The molecule has 0 saturated heterocycles. The molecule has 170 valence electrons. The van der Waals surface area contributed by atoms with E-state index in [1.54, 1.807) is 31.3 Å². The predicted molar refractivity (Wildman–Crippen MR) is 125 cm³/mol. The van der Waals surface area contributed by atoms with Crippen molar-refractivity contribution in [3.8, 4) is 22.6 Å². The molecule has 2 aromatic carbocycles. The molecule has 0 aliphatic carbocycles. The van der Waals surface area contributed by atoms with Gasteiger partial charge in [0.2, 0.25) is 0 Å². The number of halogens is 3. The number of nitrogens with zero attached hydrogens (tertiary/aromatic N) is 1. The van der Waals surface area contributed by atoms with Crippen LogP contribution in [0, 0.1) is 5.82 Å². The maximum atomic E-state index is 13.8. The van der Waals surface area contributed by atoms with Crippen molar-refractivity contribution < 1.29 is 22.3 Å². The number of unbranched alkanes of at least 4 members (excludes halogenated alkanes) is 1. The van der Waals surface area contributed by atoms with Crippen LogP contribution >= 0.6 is 27.5 Å². The fraction of sp³-hybridized carbons (Fsp3) is 0.273. The first-order chi connectivity index (χ1) is 15.2. The summed E-state index contributed by atoms with van der Waals surface area (Å²) in [5.74, 6) is -0.403. The number of ether oxygens (including phenoxy) is 1. The molecule has 6 nitrogen and oxygen atoms in total. The molecule has 3 rings (SSSR count). The number of carbonyl (C=O) groups is 1. The highest BCUT2D eigenvalue weighted by molar-refractivity contribution is 9.10. The van der Waals surface area contributed by atoms with E-state index in [0.717, 1.165) is 0 Å². The van der Waals surface area contributed by atoms with E-state index in [9.17, 15) is 17.6 Å². The predicted octanol–water partition coefficient (Wildman–Crippen LogP) is 5.81. The highest BCUT2D eigenvalue weighted by Gasteiger charge is 2.20. The van der Waals surface area contributed by atoms with Crippen LogP contribution in [-0.4, -0.2) is 36.7 Å². The monoisotopic (exact) mass is 542 g/mol. The third-order valence-corrected chi connectivity index (χ3v) is 7.62. The molecule has 1 aromatic heterocycles. The van der Waals surface area contributed by atoms with Crippen molar-refractivity contribution in [3.05, 3.63) is 57.9 Å². The zero-order valence-corrected chi connectivity index (χ0v) is 20.4. The van der Waals surface area contributed by atoms with Gasteiger partial charge in [-0.25, -0.2) is 17.8 Å². The van der Waals surface area contributed by atoms with Crippen LogP contribution in [0.2, 0.25) is 5.02 Å². The van der Waals surface area contributed by atoms with Crippen LogP contribution in [0.4, 0.5) is 4.39 Å². The summed E-state index contributed by atoms with van der Waals surface area (Å²) in [6, 6.07) is 9.35. The van der Waals surface area contributed by atoms with Gasteiger partial charge < -0.3 is 9.72 Å². The first-order valence-electron chi connectivity index (χ1n) is 9.90. The zero-order valence-electron chi connectivity index (χ0n) is 17.2. The summed E-state index contributed by atoms with van der Waals surface area (Å²) in [5, 5.41) is 0.118. The van der Waals surface area contributed by atoms with Gasteiger partial charge in [0.1, 0.15) is 11.6 Å². The maximum Gasteiger partial charge on any atom is 0.305 e. The van der Waals surface area contributed by atoms with Gasteiger partial charge in [0.25, 0.3) is 0 Å². The molecule has 0 amide bonds. The number of aromatic amines is 1. The molecule has 0 atom stereocenters. The lowest BCUT2D eigenvalue weighted by Crippen LogP contribution is -2.10. The van der Waals surface area contributed by atoms with E-state index in [1.165, 1.54) is 18.2 Å². The van der Waals surface area contributed by atoms with Gasteiger partial charge in [-0.15, -0.1) is 0 Å². The first kappa shape index (κ1) is 24.4. The number of nitrogens with one attached hydrogen (secondary N) is 1. The Bertz CT molecular complexity index is 1230. The molecular formula is C22H21BrClFN2O4S. The normalized spacial score (nSPS) is 11.5. The minimum atomic E-state index is -3.65. The van der Waals surface area contributed by atoms with Crippen LogP contribution in [0.5, 0.6) is 0 Å².